The summed E-state index contributed by atoms with van der Waals surface area (Å²) in [6.45, 7) is 0. The van der Waals surface area contributed by atoms with Gasteiger partial charge in [0.25, 0.3) is 0 Å². The Bertz CT molecular complexity index is 361. The first-order valence-corrected chi connectivity index (χ1v) is 7.82. The predicted molar refractivity (Wildman–Crippen MR) is 69.2 cm³/mol. The molecule has 0 spiro atoms. The third-order valence-electron chi connectivity index (χ3n) is 1.83. The molecule has 0 heterocycles. The lowest BCUT2D eigenvalue weighted by Crippen LogP contribution is -2.03. The molecule has 0 nitrogen and oxygen atoms in total. The number of alkyl halides is 2. The first kappa shape index (κ1) is 16.3. The number of halogens is 6. The molecule has 1 rings (SSSR count). The van der Waals surface area contributed by atoms with Crippen molar-refractivity contribution in [3.05, 3.63) is 23.3 Å². The second kappa shape index (κ2) is 7.72. The monoisotopic (exact) mass is 338 g/mol. The zero-order chi connectivity index (χ0) is 13.7. The number of rotatable bonds is 6. The van der Waals surface area contributed by atoms with Crippen molar-refractivity contribution in [2.75, 3.05) is 23.3 Å². The third kappa shape index (κ3) is 3.62. The van der Waals surface area contributed by atoms with Crippen LogP contribution in [0.5, 0.6) is 0 Å². The fourth-order valence-electron chi connectivity index (χ4n) is 1.13. The molecule has 0 aliphatic carbocycles. The Morgan fingerprint density at radius 2 is 0.944 bits per heavy atom. The zero-order valence-electron chi connectivity index (χ0n) is 8.91. The SMILES string of the molecule is Fc1c(F)c(SCCCl)c(F)c(F)c1SCCCl. The molecule has 8 heteroatoms. The average Bonchev–Trinajstić information content (AvgIpc) is 2.37. The molecular formula is C10H8Cl2F4S2. The lowest BCUT2D eigenvalue weighted by atomic mass is 10.3. The highest BCUT2D eigenvalue weighted by molar-refractivity contribution is 7.99. The Hall–Kier alpha value is 0.220. The molecule has 0 fully saturated rings. The van der Waals surface area contributed by atoms with Crippen LogP contribution in [0.15, 0.2) is 9.79 Å². The van der Waals surface area contributed by atoms with E-state index in [1.807, 2.05) is 0 Å². The van der Waals surface area contributed by atoms with Gasteiger partial charge in [-0.3, -0.25) is 0 Å². The van der Waals surface area contributed by atoms with Gasteiger partial charge in [-0.2, -0.15) is 0 Å². The van der Waals surface area contributed by atoms with Crippen molar-refractivity contribution in [2.45, 2.75) is 9.79 Å². The largest absolute Gasteiger partial charge is 0.202 e. The second-order valence-corrected chi connectivity index (χ2v) is 5.96. The van der Waals surface area contributed by atoms with Crippen molar-refractivity contribution in [1.82, 2.24) is 0 Å². The normalized spacial score (nSPS) is 11.0. The lowest BCUT2D eigenvalue weighted by molar-refractivity contribution is 0.401. The van der Waals surface area contributed by atoms with E-state index in [1.165, 1.54) is 0 Å². The Morgan fingerprint density at radius 1 is 0.667 bits per heavy atom. The van der Waals surface area contributed by atoms with Gasteiger partial charge in [-0.05, 0) is 0 Å². The van der Waals surface area contributed by atoms with Gasteiger partial charge in [0, 0.05) is 23.3 Å². The molecule has 0 N–H and O–H groups in total. The van der Waals surface area contributed by atoms with Crippen molar-refractivity contribution in [3.8, 4) is 0 Å². The van der Waals surface area contributed by atoms with Crippen LogP contribution in [0, 0.1) is 23.3 Å². The Balaban J connectivity index is 3.18. The first-order valence-electron chi connectivity index (χ1n) is 4.78. The minimum atomic E-state index is -1.39. The fourth-order valence-corrected chi connectivity index (χ4v) is 3.02. The van der Waals surface area contributed by atoms with Gasteiger partial charge in [-0.25, -0.2) is 17.6 Å². The van der Waals surface area contributed by atoms with Crippen LogP contribution in [-0.4, -0.2) is 23.3 Å². The van der Waals surface area contributed by atoms with E-state index in [0.29, 0.717) is 23.5 Å². The van der Waals surface area contributed by atoms with Crippen LogP contribution in [0.2, 0.25) is 0 Å². The molecule has 102 valence electrons. The Morgan fingerprint density at radius 3 is 1.17 bits per heavy atom. The average molecular weight is 339 g/mol. The van der Waals surface area contributed by atoms with Crippen LogP contribution < -0.4 is 0 Å². The van der Waals surface area contributed by atoms with Gasteiger partial charge in [-0.15, -0.1) is 46.7 Å². The van der Waals surface area contributed by atoms with E-state index in [2.05, 4.69) is 0 Å². The summed E-state index contributed by atoms with van der Waals surface area (Å²) >= 11 is 12.0. The summed E-state index contributed by atoms with van der Waals surface area (Å²) in [5.74, 6) is -5.00. The number of hydrogen-bond donors (Lipinski definition) is 0. The van der Waals surface area contributed by atoms with Crippen LogP contribution in [0.4, 0.5) is 17.6 Å². The topological polar surface area (TPSA) is 0 Å². The second-order valence-electron chi connectivity index (χ2n) is 2.99. The maximum absolute atomic E-state index is 13.6. The van der Waals surface area contributed by atoms with Gasteiger partial charge in [-0.1, -0.05) is 0 Å². The lowest BCUT2D eigenvalue weighted by Gasteiger charge is -2.10. The molecule has 0 unspecified atom stereocenters. The van der Waals surface area contributed by atoms with Crippen molar-refractivity contribution >= 4 is 46.7 Å². The highest BCUT2D eigenvalue weighted by atomic mass is 35.5. The molecule has 1 aromatic carbocycles. The van der Waals surface area contributed by atoms with E-state index < -0.39 is 33.1 Å². The number of thioether (sulfide) groups is 2. The van der Waals surface area contributed by atoms with E-state index >= 15 is 0 Å². The quantitative estimate of drug-likeness (QED) is 0.313. The summed E-state index contributed by atoms with van der Waals surface area (Å²) in [4.78, 5) is -1.36. The molecule has 0 aromatic heterocycles. The number of benzene rings is 1. The van der Waals surface area contributed by atoms with E-state index in [4.69, 9.17) is 23.2 Å². The summed E-state index contributed by atoms with van der Waals surface area (Å²) < 4.78 is 54.2. The minimum absolute atomic E-state index is 0.121. The van der Waals surface area contributed by atoms with Gasteiger partial charge in [0.05, 0.1) is 9.79 Å². The molecule has 0 amide bonds. The maximum atomic E-state index is 13.6. The smallest absolute Gasteiger partial charge is 0.176 e. The molecule has 0 atom stereocenters. The number of hydrogen-bond acceptors (Lipinski definition) is 2. The summed E-state index contributed by atoms with van der Waals surface area (Å²) in [6.07, 6.45) is 0. The molecule has 1 aromatic rings. The summed E-state index contributed by atoms with van der Waals surface area (Å²) in [7, 11) is 0. The van der Waals surface area contributed by atoms with Crippen LogP contribution in [-0.2, 0) is 0 Å². The first-order chi connectivity index (χ1) is 8.54. The van der Waals surface area contributed by atoms with Gasteiger partial charge in [0.1, 0.15) is 0 Å². The Labute approximate surface area is 120 Å². The summed E-state index contributed by atoms with van der Waals surface area (Å²) in [6, 6.07) is 0. The van der Waals surface area contributed by atoms with E-state index in [0.717, 1.165) is 0 Å². The minimum Gasteiger partial charge on any atom is -0.202 e. The molecule has 0 radical (unpaired) electrons. The van der Waals surface area contributed by atoms with E-state index in [-0.39, 0.29) is 23.3 Å². The van der Waals surface area contributed by atoms with Crippen molar-refractivity contribution in [1.29, 1.82) is 0 Å². The van der Waals surface area contributed by atoms with Gasteiger partial charge >= 0.3 is 0 Å². The summed E-state index contributed by atoms with van der Waals surface area (Å²) in [5.41, 5.74) is 0. The van der Waals surface area contributed by atoms with Crippen LogP contribution in [0.25, 0.3) is 0 Å². The van der Waals surface area contributed by atoms with E-state index in [9.17, 15) is 17.6 Å². The molecule has 0 saturated carbocycles. The zero-order valence-corrected chi connectivity index (χ0v) is 12.1. The summed E-state index contributed by atoms with van der Waals surface area (Å²) in [5, 5.41) is 0. The van der Waals surface area contributed by atoms with Crippen LogP contribution in [0.3, 0.4) is 0 Å². The van der Waals surface area contributed by atoms with Crippen molar-refractivity contribution in [2.24, 2.45) is 0 Å². The fraction of sp³-hybridized carbons (Fsp3) is 0.400. The highest BCUT2D eigenvalue weighted by Gasteiger charge is 2.25. The molecular weight excluding hydrogens is 331 g/mol. The molecule has 0 saturated heterocycles. The molecule has 0 aliphatic heterocycles. The van der Waals surface area contributed by atoms with Crippen molar-refractivity contribution < 1.29 is 17.6 Å². The standard InChI is InChI=1S/C10H8Cl2F4S2/c11-1-3-17-9-5(13)7(15)10(18-4-2-12)8(16)6(9)14/h1-4H2. The molecule has 0 bridgehead atoms. The molecule has 18 heavy (non-hydrogen) atoms. The van der Waals surface area contributed by atoms with Gasteiger partial charge in [0.2, 0.25) is 0 Å². The maximum Gasteiger partial charge on any atom is 0.176 e. The van der Waals surface area contributed by atoms with Gasteiger partial charge < -0.3 is 0 Å². The van der Waals surface area contributed by atoms with Crippen molar-refractivity contribution in [3.63, 3.8) is 0 Å². The van der Waals surface area contributed by atoms with E-state index in [1.54, 1.807) is 0 Å². The van der Waals surface area contributed by atoms with Gasteiger partial charge in [0.15, 0.2) is 23.3 Å². The third-order valence-corrected chi connectivity index (χ3v) is 4.77. The Kier molecular flexibility index (Phi) is 6.98. The molecule has 0 aliphatic rings. The van der Waals surface area contributed by atoms with Crippen LogP contribution in [0.1, 0.15) is 0 Å². The predicted octanol–water partition coefficient (Wildman–Crippen LogP) is 4.90. The highest BCUT2D eigenvalue weighted by Crippen LogP contribution is 2.35. The van der Waals surface area contributed by atoms with Crippen LogP contribution >= 0.6 is 46.7 Å².